The summed E-state index contributed by atoms with van der Waals surface area (Å²) in [6.45, 7) is 10.9. The van der Waals surface area contributed by atoms with Gasteiger partial charge in [-0.15, -0.1) is 0 Å². The van der Waals surface area contributed by atoms with Crippen LogP contribution in [0.4, 0.5) is 0 Å². The summed E-state index contributed by atoms with van der Waals surface area (Å²) in [4.78, 5) is 6.51. The van der Waals surface area contributed by atoms with E-state index in [2.05, 4.69) is 59.2 Å². The number of aromatic amines is 2. The Bertz CT molecular complexity index is 656. The quantitative estimate of drug-likeness (QED) is 0.398. The first-order valence-electron chi connectivity index (χ1n) is 9.54. The highest BCUT2D eigenvalue weighted by atomic mass is 32.3. The Morgan fingerprint density at radius 2 is 1.15 bits per heavy atom. The van der Waals surface area contributed by atoms with Crippen LogP contribution in [0.3, 0.4) is 0 Å². The Hall–Kier alpha value is -1.71. The fourth-order valence-electron chi connectivity index (χ4n) is 2.51. The Morgan fingerprint density at radius 1 is 0.815 bits per heavy atom. The fourth-order valence-corrected chi connectivity index (χ4v) is 2.51. The molecule has 0 spiro atoms. The molecule has 0 atom stereocenters. The molecule has 0 unspecified atom stereocenters. The fraction of sp³-hybridized carbons (Fsp3) is 0.667. The van der Waals surface area contributed by atoms with Crippen LogP contribution >= 0.6 is 0 Å². The normalized spacial score (nSPS) is 10.6. The van der Waals surface area contributed by atoms with Crippen LogP contribution < -0.4 is 9.13 Å². The lowest BCUT2D eigenvalue weighted by atomic mass is 10.2. The molecule has 0 aromatic carbocycles. The maximum Gasteiger partial charge on any atom is 0.254 e. The number of hydrogen-bond donors (Lipinski definition) is 2. The minimum Gasteiger partial charge on any atom is -0.759 e. The van der Waals surface area contributed by atoms with Gasteiger partial charge in [0.25, 0.3) is 11.6 Å². The zero-order chi connectivity index (χ0) is 20.7. The highest BCUT2D eigenvalue weighted by Gasteiger charge is 2.06. The second-order valence-corrected chi connectivity index (χ2v) is 6.82. The standard InChI is InChI=1S/2C9H16N2.H2O4S/c2*1-3-5-6-9-10-7-8-11(9)4-2;1-5(2,3)4/h2*7-8H,3-6H2,1-2H3;(H2,1,2,3,4). The number of H-pyrrole nitrogens is 2. The number of imidazole rings is 2. The molecular formula is C18H34N4O4S. The van der Waals surface area contributed by atoms with Gasteiger partial charge in [-0.1, -0.05) is 26.7 Å². The van der Waals surface area contributed by atoms with Gasteiger partial charge in [-0.25, -0.2) is 19.1 Å². The second-order valence-electron chi connectivity index (χ2n) is 6.00. The van der Waals surface area contributed by atoms with Gasteiger partial charge in [0.1, 0.15) is 24.8 Å². The number of aryl methyl sites for hydroxylation is 4. The predicted molar refractivity (Wildman–Crippen MR) is 101 cm³/mol. The van der Waals surface area contributed by atoms with Gasteiger partial charge in [0.05, 0.1) is 13.1 Å². The molecule has 0 amide bonds. The Labute approximate surface area is 163 Å². The van der Waals surface area contributed by atoms with Gasteiger partial charge in [-0.05, 0) is 26.7 Å². The van der Waals surface area contributed by atoms with Gasteiger partial charge in [-0.3, -0.25) is 8.42 Å². The van der Waals surface area contributed by atoms with Gasteiger partial charge < -0.3 is 9.11 Å². The van der Waals surface area contributed by atoms with Crippen molar-refractivity contribution < 1.29 is 26.7 Å². The van der Waals surface area contributed by atoms with Crippen molar-refractivity contribution in [2.75, 3.05) is 0 Å². The van der Waals surface area contributed by atoms with Crippen molar-refractivity contribution in [1.82, 2.24) is 9.97 Å². The molecule has 8 nitrogen and oxygen atoms in total. The van der Waals surface area contributed by atoms with E-state index in [1.165, 1.54) is 50.2 Å². The molecule has 2 heterocycles. The van der Waals surface area contributed by atoms with E-state index < -0.39 is 10.4 Å². The minimum absolute atomic E-state index is 1.07. The summed E-state index contributed by atoms with van der Waals surface area (Å²) in [6, 6.07) is 0. The van der Waals surface area contributed by atoms with Crippen LogP contribution in [-0.2, 0) is 36.3 Å². The summed E-state index contributed by atoms with van der Waals surface area (Å²) < 4.78 is 38.6. The number of aromatic nitrogens is 4. The van der Waals surface area contributed by atoms with E-state index in [1.807, 2.05) is 12.4 Å². The summed E-state index contributed by atoms with van der Waals surface area (Å²) in [5.41, 5.74) is 0. The van der Waals surface area contributed by atoms with Crippen LogP contribution in [0.1, 0.15) is 65.0 Å². The van der Waals surface area contributed by atoms with Crippen molar-refractivity contribution >= 4 is 10.4 Å². The van der Waals surface area contributed by atoms with Gasteiger partial charge in [0.2, 0.25) is 0 Å². The van der Waals surface area contributed by atoms with E-state index in [1.54, 1.807) is 0 Å². The lowest BCUT2D eigenvalue weighted by molar-refractivity contribution is -0.699. The highest BCUT2D eigenvalue weighted by molar-refractivity contribution is 7.79. The molecule has 0 saturated carbocycles. The van der Waals surface area contributed by atoms with E-state index in [0.29, 0.717) is 0 Å². The molecule has 0 radical (unpaired) electrons. The molecule has 0 aliphatic heterocycles. The second kappa shape index (κ2) is 14.4. The molecule has 0 aliphatic carbocycles. The first-order valence-corrected chi connectivity index (χ1v) is 10.9. The number of nitrogens with one attached hydrogen (secondary N) is 2. The average molecular weight is 403 g/mol. The number of hydrogen-bond acceptors (Lipinski definition) is 4. The van der Waals surface area contributed by atoms with Crippen molar-refractivity contribution in [2.24, 2.45) is 0 Å². The van der Waals surface area contributed by atoms with Crippen LogP contribution in [0.2, 0.25) is 0 Å². The molecular weight excluding hydrogens is 368 g/mol. The molecule has 0 bridgehead atoms. The third-order valence-corrected chi connectivity index (χ3v) is 3.92. The van der Waals surface area contributed by atoms with Gasteiger partial charge in [0.15, 0.2) is 0 Å². The number of rotatable bonds is 8. The van der Waals surface area contributed by atoms with E-state index in [-0.39, 0.29) is 0 Å². The largest absolute Gasteiger partial charge is 0.759 e. The molecule has 2 rings (SSSR count). The van der Waals surface area contributed by atoms with Crippen molar-refractivity contribution in [2.45, 2.75) is 79.3 Å². The summed E-state index contributed by atoms with van der Waals surface area (Å²) in [5.74, 6) is 2.71. The summed E-state index contributed by atoms with van der Waals surface area (Å²) in [7, 11) is -5.17. The zero-order valence-corrected chi connectivity index (χ0v) is 17.7. The molecule has 0 fully saturated rings. The Kier molecular flexibility index (Phi) is 13.5. The van der Waals surface area contributed by atoms with Crippen molar-refractivity contribution in [3.63, 3.8) is 0 Å². The summed E-state index contributed by atoms with van der Waals surface area (Å²) >= 11 is 0. The van der Waals surface area contributed by atoms with E-state index in [9.17, 15) is 0 Å². The van der Waals surface area contributed by atoms with E-state index in [0.717, 1.165) is 13.1 Å². The van der Waals surface area contributed by atoms with Crippen molar-refractivity contribution in [3.05, 3.63) is 36.4 Å². The molecule has 0 aliphatic rings. The number of unbranched alkanes of at least 4 members (excludes halogenated alkanes) is 2. The van der Waals surface area contributed by atoms with Crippen molar-refractivity contribution in [1.29, 1.82) is 0 Å². The third kappa shape index (κ3) is 13.2. The van der Waals surface area contributed by atoms with Crippen LogP contribution in [0, 0.1) is 0 Å². The van der Waals surface area contributed by atoms with Crippen LogP contribution in [-0.4, -0.2) is 27.5 Å². The van der Waals surface area contributed by atoms with Crippen molar-refractivity contribution in [3.8, 4) is 0 Å². The molecule has 9 heteroatoms. The monoisotopic (exact) mass is 402 g/mol. The Balaban J connectivity index is 0.000000405. The first-order chi connectivity index (χ1) is 12.8. The minimum atomic E-state index is -5.17. The molecule has 27 heavy (non-hydrogen) atoms. The van der Waals surface area contributed by atoms with Crippen LogP contribution in [0.15, 0.2) is 24.8 Å². The number of nitrogens with zero attached hydrogens (tertiary/aromatic N) is 2. The highest BCUT2D eigenvalue weighted by Crippen LogP contribution is 1.96. The van der Waals surface area contributed by atoms with Gasteiger partial charge in [0, 0.05) is 23.2 Å². The van der Waals surface area contributed by atoms with Gasteiger partial charge >= 0.3 is 0 Å². The topological polar surface area (TPSA) is 120 Å². The molecule has 2 aromatic heterocycles. The molecule has 2 aromatic rings. The summed E-state index contributed by atoms with van der Waals surface area (Å²) in [6.07, 6.45) is 15.7. The molecule has 0 saturated heterocycles. The van der Waals surface area contributed by atoms with Crippen LogP contribution in [0.25, 0.3) is 0 Å². The summed E-state index contributed by atoms with van der Waals surface area (Å²) in [5, 5.41) is 0. The third-order valence-electron chi connectivity index (χ3n) is 3.92. The smallest absolute Gasteiger partial charge is 0.254 e. The lowest BCUT2D eigenvalue weighted by Gasteiger charge is -2.06. The zero-order valence-electron chi connectivity index (χ0n) is 16.9. The predicted octanol–water partition coefficient (Wildman–Crippen LogP) is 1.99. The lowest BCUT2D eigenvalue weighted by Crippen LogP contribution is -2.34. The SMILES string of the molecule is CCCCc1[nH]cc[n+]1CC.CCCCc1[nH]cc[n+]1CC.O=S(=O)([O-])[O-]. The molecule has 156 valence electrons. The molecule has 2 N–H and O–H groups in total. The van der Waals surface area contributed by atoms with E-state index in [4.69, 9.17) is 17.5 Å². The maximum absolute atomic E-state index is 8.52. The van der Waals surface area contributed by atoms with Gasteiger partial charge in [-0.2, -0.15) is 0 Å². The Morgan fingerprint density at radius 3 is 1.41 bits per heavy atom. The van der Waals surface area contributed by atoms with Crippen LogP contribution in [0.5, 0.6) is 0 Å². The first kappa shape index (κ1) is 25.3. The average Bonchev–Trinajstić information content (AvgIpc) is 3.25. The maximum atomic E-state index is 8.52. The van der Waals surface area contributed by atoms with E-state index >= 15 is 0 Å².